The SMILES string of the molecule is N#CC1=CC=CNC1(F)Cl. The molecule has 0 saturated carbocycles. The van der Waals surface area contributed by atoms with Gasteiger partial charge in [-0.2, -0.15) is 9.65 Å². The van der Waals surface area contributed by atoms with Crippen LogP contribution in [0.5, 0.6) is 0 Å². The fourth-order valence-electron chi connectivity index (χ4n) is 0.587. The maximum atomic E-state index is 12.8. The third-order valence-electron chi connectivity index (χ3n) is 1.08. The molecule has 1 N–H and O–H groups in total. The summed E-state index contributed by atoms with van der Waals surface area (Å²) in [6, 6.07) is 1.63. The van der Waals surface area contributed by atoms with E-state index in [1.54, 1.807) is 6.07 Å². The van der Waals surface area contributed by atoms with Gasteiger partial charge in [0.15, 0.2) is 0 Å². The van der Waals surface area contributed by atoms with Gasteiger partial charge in [-0.05, 0) is 12.2 Å². The van der Waals surface area contributed by atoms with Crippen LogP contribution in [0.1, 0.15) is 0 Å². The van der Waals surface area contributed by atoms with Crippen LogP contribution < -0.4 is 5.32 Å². The molecular weight excluding hydrogens is 155 g/mol. The lowest BCUT2D eigenvalue weighted by atomic mass is 10.2. The van der Waals surface area contributed by atoms with Crippen molar-refractivity contribution in [3.8, 4) is 6.07 Å². The van der Waals surface area contributed by atoms with Gasteiger partial charge in [-0.25, -0.2) is 0 Å². The molecule has 0 aromatic carbocycles. The number of alkyl halides is 2. The van der Waals surface area contributed by atoms with E-state index in [9.17, 15) is 4.39 Å². The van der Waals surface area contributed by atoms with Crippen molar-refractivity contribution in [2.75, 3.05) is 0 Å². The third-order valence-corrected chi connectivity index (χ3v) is 1.40. The minimum absolute atomic E-state index is 0.128. The minimum Gasteiger partial charge on any atom is -0.343 e. The zero-order valence-electron chi connectivity index (χ0n) is 4.94. The average Bonchev–Trinajstić information content (AvgIpc) is 1.87. The molecule has 1 aliphatic heterocycles. The van der Waals surface area contributed by atoms with E-state index < -0.39 is 5.25 Å². The molecule has 0 saturated heterocycles. The molecule has 1 rings (SSSR count). The van der Waals surface area contributed by atoms with E-state index in [2.05, 4.69) is 5.32 Å². The molecule has 52 valence electrons. The second-order valence-corrected chi connectivity index (χ2v) is 2.29. The topological polar surface area (TPSA) is 35.8 Å². The average molecular weight is 159 g/mol. The van der Waals surface area contributed by atoms with Gasteiger partial charge >= 0.3 is 0 Å². The van der Waals surface area contributed by atoms with Crippen molar-refractivity contribution in [2.45, 2.75) is 5.25 Å². The van der Waals surface area contributed by atoms with Crippen molar-refractivity contribution in [3.05, 3.63) is 23.9 Å². The number of nitriles is 1. The summed E-state index contributed by atoms with van der Waals surface area (Å²) >= 11 is 5.22. The summed E-state index contributed by atoms with van der Waals surface area (Å²) in [5.41, 5.74) is -0.128. The summed E-state index contributed by atoms with van der Waals surface area (Å²) in [6.07, 6.45) is 4.18. The van der Waals surface area contributed by atoms with E-state index >= 15 is 0 Å². The molecule has 1 heterocycles. The predicted octanol–water partition coefficient (Wildman–Crippen LogP) is 1.42. The Morgan fingerprint density at radius 1 is 1.80 bits per heavy atom. The van der Waals surface area contributed by atoms with Gasteiger partial charge in [0.1, 0.15) is 11.6 Å². The van der Waals surface area contributed by atoms with Crippen molar-refractivity contribution in [3.63, 3.8) is 0 Å². The zero-order valence-corrected chi connectivity index (χ0v) is 5.69. The van der Waals surface area contributed by atoms with Crippen LogP contribution in [-0.4, -0.2) is 5.25 Å². The van der Waals surface area contributed by atoms with Crippen LogP contribution >= 0.6 is 11.6 Å². The molecule has 10 heavy (non-hydrogen) atoms. The Labute approximate surface area is 62.6 Å². The molecule has 0 amide bonds. The number of nitrogens with one attached hydrogen (secondary N) is 1. The Balaban J connectivity index is 2.95. The lowest BCUT2D eigenvalue weighted by molar-refractivity contribution is 0.299. The first-order chi connectivity index (χ1) is 4.67. The number of halogens is 2. The zero-order chi connectivity index (χ0) is 7.61. The first-order valence-electron chi connectivity index (χ1n) is 2.60. The van der Waals surface area contributed by atoms with Gasteiger partial charge in [0, 0.05) is 6.20 Å². The van der Waals surface area contributed by atoms with E-state index in [-0.39, 0.29) is 5.57 Å². The Morgan fingerprint density at radius 2 is 2.50 bits per heavy atom. The Kier molecular flexibility index (Phi) is 1.64. The number of hydrogen-bond donors (Lipinski definition) is 1. The fourth-order valence-corrected chi connectivity index (χ4v) is 0.755. The molecule has 4 heteroatoms. The normalized spacial score (nSPS) is 30.3. The standard InChI is InChI=1S/C6H4ClFN2/c7-6(8)5(4-9)2-1-3-10-6/h1-3,10H. The molecule has 1 atom stereocenters. The van der Waals surface area contributed by atoms with Crippen LogP contribution in [0.15, 0.2) is 23.9 Å². The predicted molar refractivity (Wildman–Crippen MR) is 35.7 cm³/mol. The van der Waals surface area contributed by atoms with E-state index in [0.29, 0.717) is 0 Å². The van der Waals surface area contributed by atoms with Crippen molar-refractivity contribution in [2.24, 2.45) is 0 Å². The molecule has 0 aliphatic carbocycles. The number of nitrogens with zero attached hydrogens (tertiary/aromatic N) is 1. The quantitative estimate of drug-likeness (QED) is 0.428. The van der Waals surface area contributed by atoms with Gasteiger partial charge in [-0.3, -0.25) is 0 Å². The maximum Gasteiger partial charge on any atom is 0.291 e. The lowest BCUT2D eigenvalue weighted by Crippen LogP contribution is -2.34. The van der Waals surface area contributed by atoms with Crippen molar-refractivity contribution >= 4 is 11.6 Å². The highest BCUT2D eigenvalue weighted by atomic mass is 35.5. The third kappa shape index (κ3) is 1.12. The van der Waals surface area contributed by atoms with Crippen molar-refractivity contribution in [1.82, 2.24) is 5.32 Å². The largest absolute Gasteiger partial charge is 0.343 e. The van der Waals surface area contributed by atoms with Gasteiger partial charge in [0.2, 0.25) is 0 Å². The van der Waals surface area contributed by atoms with Crippen LogP contribution in [0.2, 0.25) is 0 Å². The minimum atomic E-state index is -2.22. The maximum absolute atomic E-state index is 12.8. The molecule has 0 spiro atoms. The molecule has 0 radical (unpaired) electrons. The summed E-state index contributed by atoms with van der Waals surface area (Å²) < 4.78 is 12.8. The van der Waals surface area contributed by atoms with E-state index in [1.807, 2.05) is 0 Å². The van der Waals surface area contributed by atoms with Gasteiger partial charge < -0.3 is 5.32 Å². The first kappa shape index (κ1) is 7.10. The Hall–Kier alpha value is -1.01. The number of hydrogen-bond acceptors (Lipinski definition) is 2. The van der Waals surface area contributed by atoms with E-state index in [1.165, 1.54) is 18.4 Å². The highest BCUT2D eigenvalue weighted by Crippen LogP contribution is 2.25. The summed E-state index contributed by atoms with van der Waals surface area (Å²) in [4.78, 5) is 0. The second-order valence-electron chi connectivity index (χ2n) is 1.77. The molecule has 1 unspecified atom stereocenters. The van der Waals surface area contributed by atoms with Crippen LogP contribution in [0.4, 0.5) is 4.39 Å². The number of dihydropyridines is 1. The summed E-state index contributed by atoms with van der Waals surface area (Å²) in [5.74, 6) is 0. The molecule has 1 aliphatic rings. The molecular formula is C6H4ClFN2. The van der Waals surface area contributed by atoms with Crippen LogP contribution in [-0.2, 0) is 0 Å². The van der Waals surface area contributed by atoms with Crippen molar-refractivity contribution < 1.29 is 4.39 Å². The van der Waals surface area contributed by atoms with Crippen LogP contribution in [0.25, 0.3) is 0 Å². The highest BCUT2D eigenvalue weighted by molar-refractivity contribution is 6.25. The van der Waals surface area contributed by atoms with Gasteiger partial charge in [-0.1, -0.05) is 11.6 Å². The van der Waals surface area contributed by atoms with E-state index in [0.717, 1.165) is 0 Å². The summed E-state index contributed by atoms with van der Waals surface area (Å²) in [5, 5.41) is 8.28. The summed E-state index contributed by atoms with van der Waals surface area (Å²) in [6.45, 7) is 0. The Morgan fingerprint density at radius 3 is 2.90 bits per heavy atom. The van der Waals surface area contributed by atoms with Gasteiger partial charge in [0.25, 0.3) is 5.25 Å². The molecule has 0 fully saturated rings. The first-order valence-corrected chi connectivity index (χ1v) is 2.97. The van der Waals surface area contributed by atoms with Crippen molar-refractivity contribution in [1.29, 1.82) is 5.26 Å². The molecule has 0 bridgehead atoms. The van der Waals surface area contributed by atoms with Crippen LogP contribution in [0.3, 0.4) is 0 Å². The summed E-state index contributed by atoms with van der Waals surface area (Å²) in [7, 11) is 0. The highest BCUT2D eigenvalue weighted by Gasteiger charge is 2.31. The Bertz CT molecular complexity index is 237. The monoisotopic (exact) mass is 158 g/mol. The molecule has 2 nitrogen and oxygen atoms in total. The van der Waals surface area contributed by atoms with Crippen LogP contribution in [0, 0.1) is 11.3 Å². The lowest BCUT2D eigenvalue weighted by Gasteiger charge is -2.18. The molecule has 0 aromatic heterocycles. The number of allylic oxidation sites excluding steroid dienone is 2. The number of rotatable bonds is 0. The smallest absolute Gasteiger partial charge is 0.291 e. The van der Waals surface area contributed by atoms with Gasteiger partial charge in [0.05, 0.1) is 0 Å². The second kappa shape index (κ2) is 2.31. The molecule has 0 aromatic rings. The van der Waals surface area contributed by atoms with Gasteiger partial charge in [-0.15, -0.1) is 0 Å². The fraction of sp³-hybridized carbons (Fsp3) is 0.167. The van der Waals surface area contributed by atoms with E-state index in [4.69, 9.17) is 16.9 Å².